The van der Waals surface area contributed by atoms with E-state index in [1.807, 2.05) is 0 Å². The molecule has 13 heavy (non-hydrogen) atoms. The summed E-state index contributed by atoms with van der Waals surface area (Å²) in [6, 6.07) is 0. The van der Waals surface area contributed by atoms with Gasteiger partial charge >= 0.3 is 83.5 Å². The average molecular weight is 257 g/mol. The number of hydrogen-bond donors (Lipinski definition) is 5. The van der Waals surface area contributed by atoms with Gasteiger partial charge in [0.05, 0.1) is 0 Å². The second-order valence-electron chi connectivity index (χ2n) is 2.79. The third-order valence-electron chi connectivity index (χ3n) is 1.67. The van der Waals surface area contributed by atoms with Crippen molar-refractivity contribution in [2.45, 2.75) is 31.3 Å². The van der Waals surface area contributed by atoms with Crippen molar-refractivity contribution in [1.82, 2.24) is 0 Å². The molecule has 0 aromatic heterocycles. The standard InChI is InChI=1S/C7H14O5Se/c1-3(13)5(10)7(12)6(11)4(9)2-8/h4-12H,2H2,1H3/t4-,5+,6-,7-/m1/s1. The van der Waals surface area contributed by atoms with Gasteiger partial charge in [0.25, 0.3) is 0 Å². The molecule has 0 unspecified atom stereocenters. The Morgan fingerprint density at radius 3 is 1.92 bits per heavy atom. The van der Waals surface area contributed by atoms with Crippen molar-refractivity contribution in [3.63, 3.8) is 0 Å². The maximum absolute atomic E-state index is 9.25. The van der Waals surface area contributed by atoms with Crippen LogP contribution >= 0.6 is 0 Å². The fourth-order valence-corrected chi connectivity index (χ4v) is 1.06. The van der Waals surface area contributed by atoms with Crippen LogP contribution in [0.1, 0.15) is 6.92 Å². The van der Waals surface area contributed by atoms with Gasteiger partial charge in [0, 0.05) is 0 Å². The Morgan fingerprint density at radius 1 is 1.15 bits per heavy atom. The van der Waals surface area contributed by atoms with E-state index >= 15 is 0 Å². The Morgan fingerprint density at radius 2 is 1.62 bits per heavy atom. The van der Waals surface area contributed by atoms with E-state index in [4.69, 9.17) is 15.3 Å². The first kappa shape index (κ1) is 13.2. The van der Waals surface area contributed by atoms with Crippen molar-refractivity contribution in [2.75, 3.05) is 6.61 Å². The third-order valence-corrected chi connectivity index (χ3v) is 2.18. The summed E-state index contributed by atoms with van der Waals surface area (Å²) in [4.78, 5) is 0. The average Bonchev–Trinajstić information content (AvgIpc) is 2.12. The van der Waals surface area contributed by atoms with Gasteiger partial charge in [-0.15, -0.1) is 0 Å². The third kappa shape index (κ3) is 3.83. The fourth-order valence-electron chi connectivity index (χ4n) is 0.763. The van der Waals surface area contributed by atoms with Gasteiger partial charge in [-0.3, -0.25) is 0 Å². The van der Waals surface area contributed by atoms with Gasteiger partial charge in [0.15, 0.2) is 0 Å². The number of rotatable bonds is 5. The Kier molecular flexibility index (Phi) is 5.91. The van der Waals surface area contributed by atoms with E-state index in [1.54, 1.807) is 0 Å². The van der Waals surface area contributed by atoms with Gasteiger partial charge in [0.2, 0.25) is 0 Å². The van der Waals surface area contributed by atoms with Gasteiger partial charge in [-0.05, 0) is 0 Å². The molecule has 0 spiro atoms. The van der Waals surface area contributed by atoms with Crippen molar-refractivity contribution in [3.8, 4) is 0 Å². The molecular formula is C7H14O5Se. The van der Waals surface area contributed by atoms with Crippen LogP contribution in [0.15, 0.2) is 0 Å². The monoisotopic (exact) mass is 258 g/mol. The van der Waals surface area contributed by atoms with E-state index in [2.05, 4.69) is 15.6 Å². The molecule has 0 saturated heterocycles. The van der Waals surface area contributed by atoms with Crippen LogP contribution in [0.25, 0.3) is 0 Å². The Labute approximate surface area is 84.0 Å². The van der Waals surface area contributed by atoms with Crippen LogP contribution in [0.3, 0.4) is 0 Å². The number of aliphatic hydroxyl groups is 5. The summed E-state index contributed by atoms with van der Waals surface area (Å²) in [5, 5.41) is 45.0. The van der Waals surface area contributed by atoms with Crippen LogP contribution < -0.4 is 0 Å². The summed E-state index contributed by atoms with van der Waals surface area (Å²) < 4.78 is 0.400. The molecule has 0 heterocycles. The second kappa shape index (κ2) is 5.82. The molecule has 0 bridgehead atoms. The predicted octanol–water partition coefficient (Wildman–Crippen LogP) is -3.22. The second-order valence-corrected chi connectivity index (χ2v) is 4.14. The molecule has 0 radical (unpaired) electrons. The van der Waals surface area contributed by atoms with Crippen molar-refractivity contribution in [3.05, 3.63) is 0 Å². The molecule has 0 aliphatic carbocycles. The quantitative estimate of drug-likeness (QED) is 0.334. The van der Waals surface area contributed by atoms with E-state index in [9.17, 15) is 10.2 Å². The SMILES string of the molecule is CC(=[Se])[C@H](O)[C@@H](O)[C@H](O)[C@H](O)CO. The summed E-state index contributed by atoms with van der Waals surface area (Å²) in [7, 11) is 0. The first-order chi connectivity index (χ1) is 5.91. The van der Waals surface area contributed by atoms with Crippen molar-refractivity contribution >= 4 is 20.0 Å². The van der Waals surface area contributed by atoms with E-state index in [1.165, 1.54) is 6.92 Å². The molecule has 0 aromatic rings. The van der Waals surface area contributed by atoms with Crippen molar-refractivity contribution in [2.24, 2.45) is 0 Å². The number of hydrogen-bond acceptors (Lipinski definition) is 5. The zero-order valence-corrected chi connectivity index (χ0v) is 8.87. The summed E-state index contributed by atoms with van der Waals surface area (Å²) in [5.41, 5.74) is 0. The van der Waals surface area contributed by atoms with Crippen LogP contribution in [0.4, 0.5) is 0 Å². The molecule has 0 amide bonds. The molecule has 5 nitrogen and oxygen atoms in total. The Hall–Kier alpha value is 0.189. The van der Waals surface area contributed by atoms with Crippen molar-refractivity contribution in [1.29, 1.82) is 0 Å². The van der Waals surface area contributed by atoms with E-state index in [-0.39, 0.29) is 0 Å². The molecule has 0 saturated carbocycles. The summed E-state index contributed by atoms with van der Waals surface area (Å²) >= 11 is 2.48. The predicted molar refractivity (Wildman–Crippen MR) is 47.5 cm³/mol. The van der Waals surface area contributed by atoms with Crippen LogP contribution in [0.2, 0.25) is 0 Å². The molecule has 0 fully saturated rings. The molecule has 5 N–H and O–H groups in total. The molecule has 0 aliphatic heterocycles. The normalized spacial score (nSPS) is 20.5. The van der Waals surface area contributed by atoms with Crippen LogP contribution in [0, 0.1) is 0 Å². The topological polar surface area (TPSA) is 101 Å². The van der Waals surface area contributed by atoms with E-state index in [0.717, 1.165) is 0 Å². The molecule has 6 heteroatoms. The molecule has 0 aliphatic rings. The minimum absolute atomic E-state index is 0.400. The van der Waals surface area contributed by atoms with Gasteiger partial charge in [0.1, 0.15) is 0 Å². The Bertz CT molecular complexity index is 174. The van der Waals surface area contributed by atoms with Gasteiger partial charge in [-0.1, -0.05) is 0 Å². The molecular weight excluding hydrogens is 243 g/mol. The van der Waals surface area contributed by atoms with E-state index in [0.29, 0.717) is 4.42 Å². The minimum atomic E-state index is -1.57. The molecule has 0 rings (SSSR count). The summed E-state index contributed by atoms with van der Waals surface area (Å²) in [6.07, 6.45) is -5.79. The van der Waals surface area contributed by atoms with Crippen molar-refractivity contribution < 1.29 is 25.5 Å². The van der Waals surface area contributed by atoms with Gasteiger partial charge in [-0.2, -0.15) is 0 Å². The van der Waals surface area contributed by atoms with Gasteiger partial charge < -0.3 is 0 Å². The first-order valence-electron chi connectivity index (χ1n) is 3.75. The van der Waals surface area contributed by atoms with Crippen LogP contribution in [-0.4, -0.2) is 76.5 Å². The molecule has 0 aromatic carbocycles. The van der Waals surface area contributed by atoms with Crippen LogP contribution in [0.5, 0.6) is 0 Å². The maximum atomic E-state index is 9.25. The molecule has 4 atom stereocenters. The summed E-state index contributed by atoms with van der Waals surface area (Å²) in [5.74, 6) is 0. The molecule has 78 valence electrons. The number of aliphatic hydroxyl groups excluding tert-OH is 5. The first-order valence-corrected chi connectivity index (χ1v) is 4.61. The van der Waals surface area contributed by atoms with E-state index < -0.39 is 31.0 Å². The zero-order chi connectivity index (χ0) is 10.6. The Balaban J connectivity index is 4.24. The zero-order valence-electron chi connectivity index (χ0n) is 7.16. The van der Waals surface area contributed by atoms with Gasteiger partial charge in [-0.25, -0.2) is 0 Å². The summed E-state index contributed by atoms with van der Waals surface area (Å²) in [6.45, 7) is 0.864. The fraction of sp³-hybridized carbons (Fsp3) is 0.857. The van der Waals surface area contributed by atoms with Crippen LogP contribution in [-0.2, 0) is 0 Å².